The van der Waals surface area contributed by atoms with Gasteiger partial charge >= 0.3 is 0 Å². The van der Waals surface area contributed by atoms with Crippen LogP contribution in [-0.2, 0) is 4.79 Å². The van der Waals surface area contributed by atoms with E-state index >= 15 is 0 Å². The van der Waals surface area contributed by atoms with Gasteiger partial charge in [-0.05, 0) is 43.9 Å². The highest BCUT2D eigenvalue weighted by atomic mass is 16.1. The van der Waals surface area contributed by atoms with Gasteiger partial charge in [-0.15, -0.1) is 0 Å². The van der Waals surface area contributed by atoms with Crippen molar-refractivity contribution in [2.24, 2.45) is 11.8 Å². The van der Waals surface area contributed by atoms with E-state index in [-0.39, 0.29) is 0 Å². The highest BCUT2D eigenvalue weighted by Gasteiger charge is 2.24. The van der Waals surface area contributed by atoms with E-state index in [9.17, 15) is 4.79 Å². The van der Waals surface area contributed by atoms with Gasteiger partial charge in [0.2, 0.25) is 6.29 Å². The molecule has 3 aliphatic carbocycles. The summed E-state index contributed by atoms with van der Waals surface area (Å²) in [5.41, 5.74) is 0.940. The second-order valence-corrected chi connectivity index (χ2v) is 3.78. The summed E-state index contributed by atoms with van der Waals surface area (Å²) in [4.78, 5) is 10.4. The van der Waals surface area contributed by atoms with E-state index < -0.39 is 0 Å². The minimum atomic E-state index is 0.699. The Morgan fingerprint density at radius 1 is 1.27 bits per heavy atom. The van der Waals surface area contributed by atoms with Crippen molar-refractivity contribution in [2.75, 3.05) is 0 Å². The van der Waals surface area contributed by atoms with Gasteiger partial charge < -0.3 is 0 Å². The summed E-state index contributed by atoms with van der Waals surface area (Å²) in [5, 5.41) is 0. The second-order valence-electron chi connectivity index (χ2n) is 3.78. The van der Waals surface area contributed by atoms with Crippen LogP contribution in [0, 0.1) is 11.8 Å². The van der Waals surface area contributed by atoms with E-state index in [1.807, 2.05) is 0 Å². The number of fused-ring (bicyclic) bond motifs is 3. The SMILES string of the molecule is O=[C]C1=CC2CCC(CC2)C1. The molecule has 0 aromatic carbocycles. The van der Waals surface area contributed by atoms with Crippen LogP contribution in [0.15, 0.2) is 11.6 Å². The van der Waals surface area contributed by atoms with Crippen molar-refractivity contribution in [2.45, 2.75) is 32.1 Å². The third-order valence-electron chi connectivity index (χ3n) is 2.97. The van der Waals surface area contributed by atoms with Crippen LogP contribution < -0.4 is 0 Å². The van der Waals surface area contributed by atoms with E-state index in [1.165, 1.54) is 25.7 Å². The van der Waals surface area contributed by atoms with Crippen molar-refractivity contribution in [3.05, 3.63) is 11.6 Å². The van der Waals surface area contributed by atoms with E-state index in [0.29, 0.717) is 5.92 Å². The summed E-state index contributed by atoms with van der Waals surface area (Å²) < 4.78 is 0. The number of hydrogen-bond acceptors (Lipinski definition) is 1. The Bertz CT molecular complexity index is 185. The summed E-state index contributed by atoms with van der Waals surface area (Å²) in [7, 11) is 0. The highest BCUT2D eigenvalue weighted by Crippen LogP contribution is 2.37. The zero-order chi connectivity index (χ0) is 7.68. The molecular weight excluding hydrogens is 136 g/mol. The molecule has 0 aromatic rings. The maximum absolute atomic E-state index is 10.4. The molecule has 0 aliphatic heterocycles. The lowest BCUT2D eigenvalue weighted by molar-refractivity contribution is 0.326. The fourth-order valence-corrected chi connectivity index (χ4v) is 2.30. The minimum Gasteiger partial charge on any atom is -0.285 e. The predicted molar refractivity (Wildman–Crippen MR) is 43.8 cm³/mol. The first-order chi connectivity index (χ1) is 5.38. The molecule has 59 valence electrons. The largest absolute Gasteiger partial charge is 0.285 e. The van der Waals surface area contributed by atoms with Gasteiger partial charge in [-0.1, -0.05) is 6.08 Å². The molecule has 0 spiro atoms. The van der Waals surface area contributed by atoms with E-state index in [0.717, 1.165) is 17.9 Å². The quantitative estimate of drug-likeness (QED) is 0.558. The number of hydrogen-bond donors (Lipinski definition) is 0. The monoisotopic (exact) mass is 149 g/mol. The Kier molecular flexibility index (Phi) is 1.80. The van der Waals surface area contributed by atoms with Crippen molar-refractivity contribution >= 4 is 6.29 Å². The maximum atomic E-state index is 10.4. The van der Waals surface area contributed by atoms with Gasteiger partial charge in [-0.25, -0.2) is 0 Å². The highest BCUT2D eigenvalue weighted by molar-refractivity contribution is 5.74. The molecule has 0 saturated heterocycles. The van der Waals surface area contributed by atoms with Crippen LogP contribution in [0.25, 0.3) is 0 Å². The fraction of sp³-hybridized carbons (Fsp3) is 0.700. The van der Waals surface area contributed by atoms with E-state index in [4.69, 9.17) is 0 Å². The number of allylic oxidation sites excluding steroid dienone is 2. The molecule has 1 radical (unpaired) electrons. The molecule has 11 heavy (non-hydrogen) atoms. The molecule has 1 saturated carbocycles. The summed E-state index contributed by atoms with van der Waals surface area (Å²) >= 11 is 0. The van der Waals surface area contributed by atoms with E-state index in [2.05, 4.69) is 12.4 Å². The third-order valence-corrected chi connectivity index (χ3v) is 2.97. The van der Waals surface area contributed by atoms with Crippen LogP contribution in [0.5, 0.6) is 0 Å². The first-order valence-electron chi connectivity index (χ1n) is 4.47. The Labute approximate surface area is 67.5 Å². The summed E-state index contributed by atoms with van der Waals surface area (Å²) in [5.74, 6) is 1.49. The van der Waals surface area contributed by atoms with Crippen LogP contribution in [0.3, 0.4) is 0 Å². The average Bonchev–Trinajstić information content (AvgIpc) is 2.35. The lowest BCUT2D eigenvalue weighted by Gasteiger charge is -2.21. The molecule has 0 atom stereocenters. The second kappa shape index (κ2) is 2.80. The molecule has 0 unspecified atom stereocenters. The van der Waals surface area contributed by atoms with Gasteiger partial charge in [-0.3, -0.25) is 4.79 Å². The molecule has 3 rings (SSSR count). The van der Waals surface area contributed by atoms with Gasteiger partial charge in [0.05, 0.1) is 0 Å². The first kappa shape index (κ1) is 7.08. The van der Waals surface area contributed by atoms with Gasteiger partial charge in [0, 0.05) is 5.57 Å². The Morgan fingerprint density at radius 3 is 2.64 bits per heavy atom. The van der Waals surface area contributed by atoms with Crippen molar-refractivity contribution in [1.29, 1.82) is 0 Å². The predicted octanol–water partition coefficient (Wildman–Crippen LogP) is 2.23. The fourth-order valence-electron chi connectivity index (χ4n) is 2.30. The average molecular weight is 149 g/mol. The zero-order valence-corrected chi connectivity index (χ0v) is 6.68. The molecule has 0 heterocycles. The number of rotatable bonds is 1. The molecule has 0 amide bonds. The molecule has 1 heteroatoms. The summed E-state index contributed by atoms with van der Waals surface area (Å²) in [6, 6.07) is 0. The van der Waals surface area contributed by atoms with Crippen LogP contribution in [0.2, 0.25) is 0 Å². The van der Waals surface area contributed by atoms with Crippen LogP contribution in [-0.4, -0.2) is 6.29 Å². The zero-order valence-electron chi connectivity index (χ0n) is 6.68. The Hall–Kier alpha value is -0.590. The lowest BCUT2D eigenvalue weighted by Crippen LogP contribution is -2.09. The van der Waals surface area contributed by atoms with Crippen LogP contribution in [0.1, 0.15) is 32.1 Å². The van der Waals surface area contributed by atoms with Crippen LogP contribution in [0.4, 0.5) is 0 Å². The van der Waals surface area contributed by atoms with Crippen molar-refractivity contribution in [3.63, 3.8) is 0 Å². The smallest absolute Gasteiger partial charge is 0.228 e. The maximum Gasteiger partial charge on any atom is 0.228 e. The van der Waals surface area contributed by atoms with Crippen molar-refractivity contribution < 1.29 is 4.79 Å². The minimum absolute atomic E-state index is 0.699. The third kappa shape index (κ3) is 1.37. The van der Waals surface area contributed by atoms with E-state index in [1.54, 1.807) is 0 Å². The topological polar surface area (TPSA) is 17.1 Å². The molecule has 3 aliphatic rings. The first-order valence-corrected chi connectivity index (χ1v) is 4.47. The van der Waals surface area contributed by atoms with Gasteiger partial charge in [0.25, 0.3) is 0 Å². The van der Waals surface area contributed by atoms with Crippen LogP contribution >= 0.6 is 0 Å². The molecule has 1 fully saturated rings. The molecule has 1 nitrogen and oxygen atoms in total. The van der Waals surface area contributed by atoms with Crippen molar-refractivity contribution in [1.82, 2.24) is 0 Å². The van der Waals surface area contributed by atoms with Gasteiger partial charge in [-0.2, -0.15) is 0 Å². The Morgan fingerprint density at radius 2 is 2.00 bits per heavy atom. The normalized spacial score (nSPS) is 36.2. The Balaban J connectivity index is 2.19. The molecule has 0 N–H and O–H groups in total. The van der Waals surface area contributed by atoms with Crippen molar-refractivity contribution in [3.8, 4) is 0 Å². The number of carbonyl (C=O) groups excluding carboxylic acids is 1. The summed E-state index contributed by atoms with van der Waals surface area (Å²) in [6.07, 6.45) is 10.5. The van der Waals surface area contributed by atoms with Gasteiger partial charge in [0.15, 0.2) is 0 Å². The standard InChI is InChI=1S/C10H13O/c11-7-10-5-8-1-2-9(6-10)4-3-8/h5,8-9H,1-4,6H2. The van der Waals surface area contributed by atoms with Gasteiger partial charge in [0.1, 0.15) is 0 Å². The summed E-state index contributed by atoms with van der Waals surface area (Å²) in [6.45, 7) is 0. The molecular formula is C10H13O. The lowest BCUT2D eigenvalue weighted by atomic mass is 9.84. The molecule has 2 bridgehead atoms. The molecule has 0 aromatic heterocycles.